The third-order valence-corrected chi connectivity index (χ3v) is 2.35. The topological polar surface area (TPSA) is 17.1 Å². The molecule has 0 spiro atoms. The number of allylic oxidation sites excluding steroid dienone is 1. The fraction of sp³-hybridized carbons (Fsp3) is 0. The van der Waals surface area contributed by atoms with Crippen molar-refractivity contribution in [2.24, 2.45) is 0 Å². The molecule has 0 saturated heterocycles. The molecule has 13 heavy (non-hydrogen) atoms. The first-order valence-electron chi connectivity index (χ1n) is 3.41. The van der Waals surface area contributed by atoms with Gasteiger partial charge < -0.3 is 0 Å². The van der Waals surface area contributed by atoms with Gasteiger partial charge in [-0.3, -0.25) is 4.79 Å². The first-order valence-corrected chi connectivity index (χ1v) is 4.96. The standard InChI is InChI=1S/C9H5BrCl2O/c10-7(5-13)3-6-1-2-8(11)4-9(6)12/h1-5H. The SMILES string of the molecule is O=CC(Br)=Cc1ccc(Cl)cc1Cl. The summed E-state index contributed by atoms with van der Waals surface area (Å²) in [5.74, 6) is 0. The summed E-state index contributed by atoms with van der Waals surface area (Å²) in [6.07, 6.45) is 2.33. The Morgan fingerprint density at radius 1 is 1.38 bits per heavy atom. The van der Waals surface area contributed by atoms with Crippen molar-refractivity contribution in [3.63, 3.8) is 0 Å². The zero-order valence-electron chi connectivity index (χ0n) is 6.43. The second-order valence-electron chi connectivity index (χ2n) is 2.31. The molecule has 1 nitrogen and oxygen atoms in total. The van der Waals surface area contributed by atoms with Crippen LogP contribution in [0.25, 0.3) is 6.08 Å². The van der Waals surface area contributed by atoms with Gasteiger partial charge in [-0.25, -0.2) is 0 Å². The zero-order valence-corrected chi connectivity index (χ0v) is 9.53. The molecule has 0 N–H and O–H groups in total. The van der Waals surface area contributed by atoms with Crippen LogP contribution in [0.4, 0.5) is 0 Å². The van der Waals surface area contributed by atoms with Crippen molar-refractivity contribution < 1.29 is 4.79 Å². The van der Waals surface area contributed by atoms with Crippen LogP contribution in [0.1, 0.15) is 5.56 Å². The molecule has 1 aromatic rings. The Balaban J connectivity index is 3.09. The summed E-state index contributed by atoms with van der Waals surface area (Å²) < 4.78 is 0.441. The molecule has 0 amide bonds. The highest BCUT2D eigenvalue weighted by molar-refractivity contribution is 9.12. The number of aldehydes is 1. The van der Waals surface area contributed by atoms with E-state index in [1.165, 1.54) is 0 Å². The molecule has 0 bridgehead atoms. The molecule has 0 heterocycles. The molecule has 0 unspecified atom stereocenters. The molecular formula is C9H5BrCl2O. The molecule has 68 valence electrons. The minimum atomic E-state index is 0.441. The fourth-order valence-corrected chi connectivity index (χ4v) is 1.51. The van der Waals surface area contributed by atoms with Crippen molar-refractivity contribution in [1.82, 2.24) is 0 Å². The van der Waals surface area contributed by atoms with Crippen molar-refractivity contribution in [2.45, 2.75) is 0 Å². The molecule has 0 saturated carbocycles. The quantitative estimate of drug-likeness (QED) is 0.592. The number of hydrogen-bond donors (Lipinski definition) is 0. The Hall–Kier alpha value is -0.310. The van der Waals surface area contributed by atoms with Crippen molar-refractivity contribution in [1.29, 1.82) is 0 Å². The largest absolute Gasteiger partial charge is 0.297 e. The van der Waals surface area contributed by atoms with E-state index in [0.717, 1.165) is 5.56 Å². The summed E-state index contributed by atoms with van der Waals surface area (Å²) in [6, 6.07) is 5.08. The molecule has 0 radical (unpaired) electrons. The smallest absolute Gasteiger partial charge is 0.157 e. The van der Waals surface area contributed by atoms with Crippen molar-refractivity contribution in [3.05, 3.63) is 38.3 Å². The summed E-state index contributed by atoms with van der Waals surface area (Å²) in [5.41, 5.74) is 0.755. The highest BCUT2D eigenvalue weighted by Crippen LogP contribution is 2.23. The summed E-state index contributed by atoms with van der Waals surface area (Å²) >= 11 is 14.6. The molecule has 0 aliphatic carbocycles. The predicted octanol–water partition coefficient (Wildman–Crippen LogP) is 3.93. The maximum Gasteiger partial charge on any atom is 0.157 e. The normalized spacial score (nSPS) is 11.5. The molecule has 0 atom stereocenters. The van der Waals surface area contributed by atoms with Crippen LogP contribution in [-0.4, -0.2) is 6.29 Å². The number of carbonyl (C=O) groups is 1. The van der Waals surface area contributed by atoms with Crippen LogP contribution >= 0.6 is 39.1 Å². The van der Waals surface area contributed by atoms with Crippen LogP contribution in [0, 0.1) is 0 Å². The second kappa shape index (κ2) is 4.80. The molecule has 1 rings (SSSR count). The van der Waals surface area contributed by atoms with Gasteiger partial charge in [0.05, 0.1) is 4.48 Å². The summed E-state index contributed by atoms with van der Waals surface area (Å²) in [5, 5.41) is 1.09. The average Bonchev–Trinajstić information content (AvgIpc) is 2.09. The van der Waals surface area contributed by atoms with Gasteiger partial charge in [0.15, 0.2) is 6.29 Å². The highest BCUT2D eigenvalue weighted by Gasteiger charge is 1.98. The lowest BCUT2D eigenvalue weighted by Gasteiger charge is -1.98. The lowest BCUT2D eigenvalue weighted by molar-refractivity contribution is -0.104. The molecule has 1 aromatic carbocycles. The van der Waals surface area contributed by atoms with E-state index in [0.29, 0.717) is 20.8 Å². The lowest BCUT2D eigenvalue weighted by Crippen LogP contribution is -1.77. The first-order chi connectivity index (χ1) is 6.13. The number of benzene rings is 1. The van der Waals surface area contributed by atoms with E-state index in [1.54, 1.807) is 24.3 Å². The molecule has 4 heteroatoms. The van der Waals surface area contributed by atoms with Gasteiger partial charge >= 0.3 is 0 Å². The Morgan fingerprint density at radius 3 is 2.62 bits per heavy atom. The molecular weight excluding hydrogens is 275 g/mol. The second-order valence-corrected chi connectivity index (χ2v) is 4.07. The molecule has 0 aliphatic rings. The fourth-order valence-electron chi connectivity index (χ4n) is 0.801. The predicted molar refractivity (Wildman–Crippen MR) is 59.4 cm³/mol. The van der Waals surface area contributed by atoms with Crippen LogP contribution in [0.15, 0.2) is 22.7 Å². The summed E-state index contributed by atoms with van der Waals surface area (Å²) in [4.78, 5) is 10.3. The van der Waals surface area contributed by atoms with E-state index in [1.807, 2.05) is 0 Å². The minimum Gasteiger partial charge on any atom is -0.297 e. The van der Waals surface area contributed by atoms with E-state index < -0.39 is 0 Å². The Morgan fingerprint density at radius 2 is 2.08 bits per heavy atom. The van der Waals surface area contributed by atoms with E-state index in [2.05, 4.69) is 15.9 Å². The van der Waals surface area contributed by atoms with Gasteiger partial charge in [-0.1, -0.05) is 29.3 Å². The van der Waals surface area contributed by atoms with E-state index in [-0.39, 0.29) is 0 Å². The Bertz CT molecular complexity index is 361. The maximum absolute atomic E-state index is 10.3. The Kier molecular flexibility index (Phi) is 3.97. The molecule has 0 fully saturated rings. The Labute approximate surface area is 94.5 Å². The van der Waals surface area contributed by atoms with Gasteiger partial charge in [0.25, 0.3) is 0 Å². The van der Waals surface area contributed by atoms with Crippen molar-refractivity contribution >= 4 is 51.5 Å². The third-order valence-electron chi connectivity index (χ3n) is 1.37. The first kappa shape index (κ1) is 10.8. The number of halogens is 3. The highest BCUT2D eigenvalue weighted by atomic mass is 79.9. The monoisotopic (exact) mass is 278 g/mol. The van der Waals surface area contributed by atoms with Gasteiger partial charge in [-0.15, -0.1) is 0 Å². The number of hydrogen-bond acceptors (Lipinski definition) is 1. The summed E-state index contributed by atoms with van der Waals surface area (Å²) in [7, 11) is 0. The average molecular weight is 280 g/mol. The van der Waals surface area contributed by atoms with E-state index >= 15 is 0 Å². The van der Waals surface area contributed by atoms with E-state index in [4.69, 9.17) is 23.2 Å². The lowest BCUT2D eigenvalue weighted by atomic mass is 10.2. The van der Waals surface area contributed by atoms with Gasteiger partial charge in [0.2, 0.25) is 0 Å². The molecule has 0 aliphatic heterocycles. The summed E-state index contributed by atoms with van der Waals surface area (Å²) in [6.45, 7) is 0. The number of carbonyl (C=O) groups excluding carboxylic acids is 1. The van der Waals surface area contributed by atoms with Gasteiger partial charge in [-0.2, -0.15) is 0 Å². The van der Waals surface area contributed by atoms with Crippen LogP contribution in [0.2, 0.25) is 10.0 Å². The van der Waals surface area contributed by atoms with Crippen LogP contribution in [0.3, 0.4) is 0 Å². The van der Waals surface area contributed by atoms with Crippen LogP contribution in [0.5, 0.6) is 0 Å². The van der Waals surface area contributed by atoms with Crippen LogP contribution < -0.4 is 0 Å². The van der Waals surface area contributed by atoms with Crippen molar-refractivity contribution in [3.8, 4) is 0 Å². The van der Waals surface area contributed by atoms with Crippen LogP contribution in [-0.2, 0) is 4.79 Å². The van der Waals surface area contributed by atoms with E-state index in [9.17, 15) is 4.79 Å². The number of rotatable bonds is 2. The maximum atomic E-state index is 10.3. The van der Waals surface area contributed by atoms with Gasteiger partial charge in [0.1, 0.15) is 0 Å². The van der Waals surface area contributed by atoms with Crippen molar-refractivity contribution in [2.75, 3.05) is 0 Å². The third kappa shape index (κ3) is 3.14. The van der Waals surface area contributed by atoms with Gasteiger partial charge in [-0.05, 0) is 39.7 Å². The zero-order chi connectivity index (χ0) is 9.84. The minimum absolute atomic E-state index is 0.441. The molecule has 0 aromatic heterocycles. The van der Waals surface area contributed by atoms with Gasteiger partial charge in [0, 0.05) is 10.0 Å².